The molecule has 2 aromatic rings. The first-order chi connectivity index (χ1) is 10.2. The second-order valence-electron chi connectivity index (χ2n) is 5.01. The van der Waals surface area contributed by atoms with Crippen LogP contribution in [0.25, 0.3) is 11.5 Å². The number of nitrogens with zero attached hydrogens (tertiary/aromatic N) is 2. The summed E-state index contributed by atoms with van der Waals surface area (Å²) in [6.07, 6.45) is 3.78. The minimum Gasteiger partial charge on any atom is -0.444 e. The Bertz CT molecular complexity index is 557. The molecule has 0 radical (unpaired) electrons. The summed E-state index contributed by atoms with van der Waals surface area (Å²) < 4.78 is 18.6. The molecule has 0 atom stereocenters. The number of benzene rings is 1. The van der Waals surface area contributed by atoms with Gasteiger partial charge in [0.1, 0.15) is 12.1 Å². The van der Waals surface area contributed by atoms with Gasteiger partial charge in [0.05, 0.1) is 12.3 Å². The van der Waals surface area contributed by atoms with Crippen LogP contribution in [0.3, 0.4) is 0 Å². The Balaban J connectivity index is 2.04. The SMILES string of the molecule is CCCCN(CCO)Cc1coc(-c2cccc(F)c2)n1. The second kappa shape index (κ2) is 7.90. The van der Waals surface area contributed by atoms with Crippen LogP contribution >= 0.6 is 0 Å². The maximum absolute atomic E-state index is 13.2. The third-order valence-electron chi connectivity index (χ3n) is 3.25. The summed E-state index contributed by atoms with van der Waals surface area (Å²) in [4.78, 5) is 6.53. The predicted molar refractivity (Wildman–Crippen MR) is 79.2 cm³/mol. The summed E-state index contributed by atoms with van der Waals surface area (Å²) >= 11 is 0. The molecule has 1 aromatic heterocycles. The van der Waals surface area contributed by atoms with Gasteiger partial charge in [-0.3, -0.25) is 4.90 Å². The van der Waals surface area contributed by atoms with Crippen molar-refractivity contribution in [1.82, 2.24) is 9.88 Å². The Morgan fingerprint density at radius 2 is 2.19 bits per heavy atom. The van der Waals surface area contributed by atoms with Crippen molar-refractivity contribution < 1.29 is 13.9 Å². The molecule has 0 aliphatic rings. The van der Waals surface area contributed by atoms with Crippen molar-refractivity contribution in [1.29, 1.82) is 0 Å². The van der Waals surface area contributed by atoms with Gasteiger partial charge in [0.2, 0.25) is 5.89 Å². The molecule has 2 rings (SSSR count). The van der Waals surface area contributed by atoms with Crippen molar-refractivity contribution in [2.24, 2.45) is 0 Å². The molecule has 0 spiro atoms. The van der Waals surface area contributed by atoms with Crippen LogP contribution in [-0.2, 0) is 6.54 Å². The first-order valence-electron chi connectivity index (χ1n) is 7.26. The fourth-order valence-electron chi connectivity index (χ4n) is 2.16. The van der Waals surface area contributed by atoms with E-state index in [-0.39, 0.29) is 12.4 Å². The highest BCUT2D eigenvalue weighted by molar-refractivity contribution is 5.52. The smallest absolute Gasteiger partial charge is 0.226 e. The second-order valence-corrected chi connectivity index (χ2v) is 5.01. The molecule has 4 nitrogen and oxygen atoms in total. The normalized spacial score (nSPS) is 11.2. The van der Waals surface area contributed by atoms with E-state index in [1.165, 1.54) is 12.1 Å². The molecule has 114 valence electrons. The van der Waals surface area contributed by atoms with Crippen molar-refractivity contribution >= 4 is 0 Å². The van der Waals surface area contributed by atoms with E-state index < -0.39 is 0 Å². The molecule has 1 N–H and O–H groups in total. The van der Waals surface area contributed by atoms with Crippen molar-refractivity contribution in [3.8, 4) is 11.5 Å². The van der Waals surface area contributed by atoms with Crippen molar-refractivity contribution in [3.63, 3.8) is 0 Å². The van der Waals surface area contributed by atoms with Crippen LogP contribution in [0.15, 0.2) is 34.9 Å². The van der Waals surface area contributed by atoms with Crippen LogP contribution in [0.2, 0.25) is 0 Å². The van der Waals surface area contributed by atoms with Gasteiger partial charge in [-0.15, -0.1) is 0 Å². The van der Waals surface area contributed by atoms with Crippen LogP contribution in [0.5, 0.6) is 0 Å². The monoisotopic (exact) mass is 292 g/mol. The fourth-order valence-corrected chi connectivity index (χ4v) is 2.16. The van der Waals surface area contributed by atoms with Gasteiger partial charge in [-0.2, -0.15) is 0 Å². The van der Waals surface area contributed by atoms with Gasteiger partial charge in [0, 0.05) is 18.7 Å². The number of aliphatic hydroxyl groups excluding tert-OH is 1. The highest BCUT2D eigenvalue weighted by atomic mass is 19.1. The van der Waals surface area contributed by atoms with E-state index in [1.54, 1.807) is 18.4 Å². The quantitative estimate of drug-likeness (QED) is 0.812. The van der Waals surface area contributed by atoms with E-state index in [1.807, 2.05) is 0 Å². The molecule has 1 aromatic carbocycles. The predicted octanol–water partition coefficient (Wildman–Crippen LogP) is 3.08. The number of hydrogen-bond acceptors (Lipinski definition) is 4. The molecule has 0 fully saturated rings. The number of hydrogen-bond donors (Lipinski definition) is 1. The molecule has 0 saturated heterocycles. The Morgan fingerprint density at radius 1 is 1.33 bits per heavy atom. The molecular weight excluding hydrogens is 271 g/mol. The Kier molecular flexibility index (Phi) is 5.90. The van der Waals surface area contributed by atoms with Gasteiger partial charge in [-0.05, 0) is 31.2 Å². The largest absolute Gasteiger partial charge is 0.444 e. The number of aliphatic hydroxyl groups is 1. The number of aromatic nitrogens is 1. The average Bonchev–Trinajstić information content (AvgIpc) is 2.93. The van der Waals surface area contributed by atoms with Gasteiger partial charge in [-0.1, -0.05) is 19.4 Å². The standard InChI is InChI=1S/C16H21FN2O2/c1-2-3-7-19(8-9-20)11-15-12-21-16(18-15)13-5-4-6-14(17)10-13/h4-6,10,12,20H,2-3,7-9,11H2,1H3. The van der Waals surface area contributed by atoms with Crippen molar-refractivity contribution in [2.45, 2.75) is 26.3 Å². The number of halogens is 1. The van der Waals surface area contributed by atoms with Gasteiger partial charge in [0.25, 0.3) is 0 Å². The lowest BCUT2D eigenvalue weighted by Gasteiger charge is -2.19. The maximum atomic E-state index is 13.2. The summed E-state index contributed by atoms with van der Waals surface area (Å²) in [5, 5.41) is 9.10. The Labute approximate surface area is 124 Å². The molecule has 0 saturated carbocycles. The molecule has 5 heteroatoms. The zero-order valence-electron chi connectivity index (χ0n) is 12.3. The Morgan fingerprint density at radius 3 is 2.90 bits per heavy atom. The molecule has 0 unspecified atom stereocenters. The average molecular weight is 292 g/mol. The van der Waals surface area contributed by atoms with E-state index in [9.17, 15) is 4.39 Å². The fraction of sp³-hybridized carbons (Fsp3) is 0.438. The molecule has 0 aliphatic carbocycles. The zero-order valence-corrected chi connectivity index (χ0v) is 12.3. The maximum Gasteiger partial charge on any atom is 0.226 e. The van der Waals surface area contributed by atoms with Crippen molar-refractivity contribution in [2.75, 3.05) is 19.7 Å². The van der Waals surface area contributed by atoms with E-state index in [0.717, 1.165) is 25.1 Å². The minimum absolute atomic E-state index is 0.123. The van der Waals surface area contributed by atoms with Crippen molar-refractivity contribution in [3.05, 3.63) is 42.0 Å². The number of oxazole rings is 1. The van der Waals surface area contributed by atoms with Gasteiger partial charge in [-0.25, -0.2) is 9.37 Å². The number of rotatable bonds is 8. The van der Waals surface area contributed by atoms with Gasteiger partial charge in [0.15, 0.2) is 0 Å². The van der Waals surface area contributed by atoms with Gasteiger partial charge >= 0.3 is 0 Å². The summed E-state index contributed by atoms with van der Waals surface area (Å²) in [5.41, 5.74) is 1.42. The number of unbranched alkanes of at least 4 members (excludes halogenated alkanes) is 1. The molecule has 0 amide bonds. The first kappa shape index (κ1) is 15.7. The highest BCUT2D eigenvalue weighted by Crippen LogP contribution is 2.20. The van der Waals surface area contributed by atoms with E-state index in [0.29, 0.717) is 24.5 Å². The van der Waals surface area contributed by atoms with Crippen LogP contribution in [0, 0.1) is 5.82 Å². The first-order valence-corrected chi connectivity index (χ1v) is 7.26. The lowest BCUT2D eigenvalue weighted by molar-refractivity contribution is 0.187. The van der Waals surface area contributed by atoms with Crippen LogP contribution in [-0.4, -0.2) is 34.7 Å². The highest BCUT2D eigenvalue weighted by Gasteiger charge is 2.11. The van der Waals surface area contributed by atoms with Gasteiger partial charge < -0.3 is 9.52 Å². The molecular formula is C16H21FN2O2. The van der Waals surface area contributed by atoms with Crippen LogP contribution < -0.4 is 0 Å². The molecule has 0 bridgehead atoms. The van der Waals surface area contributed by atoms with E-state index in [2.05, 4.69) is 16.8 Å². The Hall–Kier alpha value is -1.72. The summed E-state index contributed by atoms with van der Waals surface area (Å²) in [6, 6.07) is 6.19. The molecule has 1 heterocycles. The summed E-state index contributed by atoms with van der Waals surface area (Å²) in [6.45, 7) is 4.41. The third kappa shape index (κ3) is 4.65. The topological polar surface area (TPSA) is 49.5 Å². The van der Waals surface area contributed by atoms with Crippen LogP contribution in [0.4, 0.5) is 4.39 Å². The van der Waals surface area contributed by atoms with Crippen LogP contribution in [0.1, 0.15) is 25.5 Å². The van der Waals surface area contributed by atoms with E-state index >= 15 is 0 Å². The molecule has 21 heavy (non-hydrogen) atoms. The third-order valence-corrected chi connectivity index (χ3v) is 3.25. The zero-order chi connectivity index (χ0) is 15.1. The lowest BCUT2D eigenvalue weighted by Crippen LogP contribution is -2.27. The molecule has 0 aliphatic heterocycles. The summed E-state index contributed by atoms with van der Waals surface area (Å²) in [5.74, 6) is 0.112. The van der Waals surface area contributed by atoms with E-state index in [4.69, 9.17) is 9.52 Å². The summed E-state index contributed by atoms with van der Waals surface area (Å²) in [7, 11) is 0. The lowest BCUT2D eigenvalue weighted by atomic mass is 10.2. The minimum atomic E-state index is -0.308.